The highest BCUT2D eigenvalue weighted by atomic mass is 16.5. The highest BCUT2D eigenvalue weighted by Gasteiger charge is 2.25. The lowest BCUT2D eigenvalue weighted by Gasteiger charge is -2.32. The van der Waals surface area contributed by atoms with Crippen LogP contribution < -0.4 is 15.8 Å². The highest BCUT2D eigenvalue weighted by molar-refractivity contribution is 5.97. The Balaban J connectivity index is 2.12. The zero-order chi connectivity index (χ0) is 15.2. The molecule has 6 heteroatoms. The van der Waals surface area contributed by atoms with Crippen LogP contribution in [0.4, 0.5) is 0 Å². The van der Waals surface area contributed by atoms with Crippen molar-refractivity contribution in [2.45, 2.75) is 18.9 Å². The fourth-order valence-corrected chi connectivity index (χ4v) is 2.49. The number of para-hydroxylation sites is 1. The van der Waals surface area contributed by atoms with Crippen molar-refractivity contribution >= 4 is 11.8 Å². The Labute approximate surface area is 124 Å². The zero-order valence-electron chi connectivity index (χ0n) is 12.2. The molecule has 1 aliphatic rings. The van der Waals surface area contributed by atoms with E-state index in [9.17, 15) is 9.59 Å². The number of hydrogen-bond donors (Lipinski definition) is 2. The molecule has 2 rings (SSSR count). The van der Waals surface area contributed by atoms with Gasteiger partial charge in [0.15, 0.2) is 6.61 Å². The van der Waals surface area contributed by atoms with Crippen LogP contribution in [-0.2, 0) is 4.79 Å². The monoisotopic (exact) mass is 291 g/mol. The molecule has 1 aliphatic heterocycles. The van der Waals surface area contributed by atoms with E-state index < -0.39 is 5.91 Å². The lowest BCUT2D eigenvalue weighted by atomic mass is 10.0. The summed E-state index contributed by atoms with van der Waals surface area (Å²) in [5, 5.41) is 3.21. The van der Waals surface area contributed by atoms with Gasteiger partial charge in [0, 0.05) is 19.1 Å². The summed E-state index contributed by atoms with van der Waals surface area (Å²) >= 11 is 0. The van der Waals surface area contributed by atoms with E-state index in [0.717, 1.165) is 19.4 Å². The number of rotatable bonds is 5. The molecule has 1 saturated heterocycles. The molecule has 1 fully saturated rings. The smallest absolute Gasteiger partial charge is 0.257 e. The highest BCUT2D eigenvalue weighted by Crippen LogP contribution is 2.22. The van der Waals surface area contributed by atoms with Crippen molar-refractivity contribution in [2.24, 2.45) is 5.73 Å². The van der Waals surface area contributed by atoms with Crippen molar-refractivity contribution in [1.29, 1.82) is 0 Å². The number of piperidine rings is 1. The minimum atomic E-state index is -0.564. The SMILES string of the molecule is CNC1CCCN(C(=O)c2ccccc2OCC(N)=O)C1. The molecule has 0 saturated carbocycles. The van der Waals surface area contributed by atoms with Crippen LogP contribution in [0.1, 0.15) is 23.2 Å². The summed E-state index contributed by atoms with van der Waals surface area (Å²) in [6.07, 6.45) is 2.04. The lowest BCUT2D eigenvalue weighted by molar-refractivity contribution is -0.119. The normalized spacial score (nSPS) is 18.3. The maximum absolute atomic E-state index is 12.6. The first-order valence-electron chi connectivity index (χ1n) is 7.08. The van der Waals surface area contributed by atoms with Gasteiger partial charge in [0.05, 0.1) is 5.56 Å². The van der Waals surface area contributed by atoms with Crippen LogP contribution in [0.2, 0.25) is 0 Å². The molecular weight excluding hydrogens is 270 g/mol. The maximum atomic E-state index is 12.6. The molecule has 6 nitrogen and oxygen atoms in total. The number of nitrogens with one attached hydrogen (secondary N) is 1. The molecule has 21 heavy (non-hydrogen) atoms. The van der Waals surface area contributed by atoms with Crippen LogP contribution in [0.5, 0.6) is 5.75 Å². The molecular formula is C15H21N3O3. The van der Waals surface area contributed by atoms with Crippen molar-refractivity contribution < 1.29 is 14.3 Å². The number of nitrogens with zero attached hydrogens (tertiary/aromatic N) is 1. The molecule has 0 aromatic heterocycles. The van der Waals surface area contributed by atoms with Crippen LogP contribution >= 0.6 is 0 Å². The summed E-state index contributed by atoms with van der Waals surface area (Å²) in [4.78, 5) is 25.3. The van der Waals surface area contributed by atoms with Gasteiger partial charge in [-0.05, 0) is 32.0 Å². The van der Waals surface area contributed by atoms with Gasteiger partial charge in [-0.15, -0.1) is 0 Å². The number of amides is 2. The molecule has 1 aromatic rings. The molecule has 3 N–H and O–H groups in total. The Bertz CT molecular complexity index is 519. The first-order chi connectivity index (χ1) is 10.1. The Hall–Kier alpha value is -2.08. The molecule has 0 bridgehead atoms. The van der Waals surface area contributed by atoms with Gasteiger partial charge in [-0.25, -0.2) is 0 Å². The van der Waals surface area contributed by atoms with Crippen molar-refractivity contribution in [3.8, 4) is 5.75 Å². The topological polar surface area (TPSA) is 84.7 Å². The van der Waals surface area contributed by atoms with Gasteiger partial charge in [0.2, 0.25) is 0 Å². The number of ether oxygens (including phenoxy) is 1. The second-order valence-corrected chi connectivity index (χ2v) is 5.13. The van der Waals surface area contributed by atoms with E-state index >= 15 is 0 Å². The number of benzene rings is 1. The number of hydrogen-bond acceptors (Lipinski definition) is 4. The fraction of sp³-hybridized carbons (Fsp3) is 0.467. The number of carbonyl (C=O) groups is 2. The third-order valence-corrected chi connectivity index (χ3v) is 3.60. The largest absolute Gasteiger partial charge is 0.483 e. The minimum absolute atomic E-state index is 0.0741. The first-order valence-corrected chi connectivity index (χ1v) is 7.08. The molecule has 1 atom stereocenters. The molecule has 114 valence electrons. The van der Waals surface area contributed by atoms with Crippen LogP contribution in [0.3, 0.4) is 0 Å². The van der Waals surface area contributed by atoms with Gasteiger partial charge in [0.25, 0.3) is 11.8 Å². The van der Waals surface area contributed by atoms with Gasteiger partial charge >= 0.3 is 0 Å². The van der Waals surface area contributed by atoms with E-state index in [1.807, 2.05) is 11.9 Å². The molecule has 1 aromatic carbocycles. The van der Waals surface area contributed by atoms with Crippen LogP contribution in [0.25, 0.3) is 0 Å². The number of likely N-dealkylation sites (N-methyl/N-ethyl adjacent to an activating group) is 1. The summed E-state index contributed by atoms with van der Waals surface area (Å²) in [6.45, 7) is 1.18. The second-order valence-electron chi connectivity index (χ2n) is 5.13. The number of nitrogens with two attached hydrogens (primary N) is 1. The van der Waals surface area contributed by atoms with Crippen molar-refractivity contribution in [3.63, 3.8) is 0 Å². The molecule has 0 spiro atoms. The van der Waals surface area contributed by atoms with E-state index in [2.05, 4.69) is 5.32 Å². The number of primary amides is 1. The third-order valence-electron chi connectivity index (χ3n) is 3.60. The molecule has 1 heterocycles. The molecule has 1 unspecified atom stereocenters. The van der Waals surface area contributed by atoms with Crippen LogP contribution in [0, 0.1) is 0 Å². The van der Waals surface area contributed by atoms with E-state index in [1.165, 1.54) is 0 Å². The Morgan fingerprint density at radius 3 is 2.90 bits per heavy atom. The summed E-state index contributed by atoms with van der Waals surface area (Å²) < 4.78 is 5.33. The quantitative estimate of drug-likeness (QED) is 0.821. The lowest BCUT2D eigenvalue weighted by Crippen LogP contribution is -2.47. The summed E-state index contributed by atoms with van der Waals surface area (Å²) in [6, 6.07) is 7.25. The molecule has 0 radical (unpaired) electrons. The first kappa shape index (κ1) is 15.3. The maximum Gasteiger partial charge on any atom is 0.257 e. The summed E-state index contributed by atoms with van der Waals surface area (Å²) in [5.74, 6) is -0.242. The predicted molar refractivity (Wildman–Crippen MR) is 79.1 cm³/mol. The van der Waals surface area contributed by atoms with E-state index in [4.69, 9.17) is 10.5 Å². The fourth-order valence-electron chi connectivity index (χ4n) is 2.49. The van der Waals surface area contributed by atoms with Crippen molar-refractivity contribution in [1.82, 2.24) is 10.2 Å². The van der Waals surface area contributed by atoms with E-state index in [-0.39, 0.29) is 12.5 Å². The molecule has 0 aliphatic carbocycles. The Morgan fingerprint density at radius 2 is 2.19 bits per heavy atom. The Morgan fingerprint density at radius 1 is 1.43 bits per heavy atom. The third kappa shape index (κ3) is 3.95. The standard InChI is InChI=1S/C15H21N3O3/c1-17-11-5-4-8-18(9-11)15(20)12-6-2-3-7-13(12)21-10-14(16)19/h2-3,6-7,11,17H,4-5,8-10H2,1H3,(H2,16,19). The van der Waals surface area contributed by atoms with Gasteiger partial charge < -0.3 is 20.7 Å². The predicted octanol–water partition coefficient (Wildman–Crippen LogP) is 0.375. The van der Waals surface area contributed by atoms with Gasteiger partial charge in [-0.1, -0.05) is 12.1 Å². The van der Waals surface area contributed by atoms with E-state index in [1.54, 1.807) is 24.3 Å². The average Bonchev–Trinajstić information content (AvgIpc) is 2.52. The Kier molecular flexibility index (Phi) is 5.16. The summed E-state index contributed by atoms with van der Waals surface area (Å²) in [5.41, 5.74) is 5.55. The van der Waals surface area contributed by atoms with Gasteiger partial charge in [-0.2, -0.15) is 0 Å². The summed E-state index contributed by atoms with van der Waals surface area (Å²) in [7, 11) is 1.91. The van der Waals surface area contributed by atoms with Gasteiger partial charge in [-0.3, -0.25) is 9.59 Å². The second kappa shape index (κ2) is 7.08. The number of carbonyl (C=O) groups excluding carboxylic acids is 2. The number of likely N-dealkylation sites (tertiary alicyclic amines) is 1. The van der Waals surface area contributed by atoms with Crippen molar-refractivity contribution in [2.75, 3.05) is 26.7 Å². The van der Waals surface area contributed by atoms with Gasteiger partial charge in [0.1, 0.15) is 5.75 Å². The van der Waals surface area contributed by atoms with E-state index in [0.29, 0.717) is 23.9 Å². The van der Waals surface area contributed by atoms with Crippen molar-refractivity contribution in [3.05, 3.63) is 29.8 Å². The zero-order valence-corrected chi connectivity index (χ0v) is 12.2. The van der Waals surface area contributed by atoms with Crippen LogP contribution in [0.15, 0.2) is 24.3 Å². The van der Waals surface area contributed by atoms with Crippen LogP contribution in [-0.4, -0.2) is 49.5 Å². The average molecular weight is 291 g/mol. The minimum Gasteiger partial charge on any atom is -0.483 e. The molecule has 2 amide bonds.